The van der Waals surface area contributed by atoms with Crippen molar-refractivity contribution in [3.05, 3.63) is 77.6 Å². The van der Waals surface area contributed by atoms with Crippen molar-refractivity contribution in [2.75, 3.05) is 5.43 Å². The molecule has 3 heterocycles. The molecule has 0 saturated carbocycles. The molecule has 0 unspecified atom stereocenters. The van der Waals surface area contributed by atoms with Gasteiger partial charge in [0.15, 0.2) is 11.6 Å². The van der Waals surface area contributed by atoms with E-state index in [1.807, 2.05) is 43.3 Å². The number of hydrogen-bond acceptors (Lipinski definition) is 6. The topological polar surface area (TPSA) is 85.8 Å². The number of hydrogen-bond donors (Lipinski definition) is 1. The number of nitrogens with zero attached hydrogens (tertiary/aromatic N) is 7. The molecule has 0 spiro atoms. The normalized spacial score (nSPS) is 11.2. The van der Waals surface area contributed by atoms with E-state index in [-0.39, 0.29) is 0 Å². The fraction of sp³-hybridized carbons (Fsp3) is 0.0556. The van der Waals surface area contributed by atoms with Crippen LogP contribution < -0.4 is 5.43 Å². The molecule has 0 aliphatic rings. The van der Waals surface area contributed by atoms with E-state index in [0.29, 0.717) is 16.8 Å². The lowest BCUT2D eigenvalue weighted by atomic mass is 10.3. The van der Waals surface area contributed by atoms with Crippen LogP contribution in [0.2, 0.25) is 5.15 Å². The summed E-state index contributed by atoms with van der Waals surface area (Å²) in [6, 6.07) is 13.3. The highest BCUT2D eigenvalue weighted by molar-refractivity contribution is 6.32. The molecule has 0 aliphatic heterocycles. The summed E-state index contributed by atoms with van der Waals surface area (Å²) in [5, 5.41) is 17.4. The van der Waals surface area contributed by atoms with Crippen LogP contribution in [0.3, 0.4) is 0 Å². The van der Waals surface area contributed by atoms with Crippen LogP contribution >= 0.6 is 11.6 Å². The highest BCUT2D eigenvalue weighted by Crippen LogP contribution is 2.22. The summed E-state index contributed by atoms with van der Waals surface area (Å²) in [5.41, 5.74) is 5.24. The Balaban J connectivity index is 1.50. The molecule has 4 rings (SSSR count). The van der Waals surface area contributed by atoms with Gasteiger partial charge in [0.2, 0.25) is 0 Å². The second kappa shape index (κ2) is 7.38. The van der Waals surface area contributed by atoms with Crippen molar-refractivity contribution < 1.29 is 0 Å². The van der Waals surface area contributed by atoms with Gasteiger partial charge in [0, 0.05) is 12.4 Å². The molecule has 0 radical (unpaired) electrons. The molecule has 1 aromatic carbocycles. The summed E-state index contributed by atoms with van der Waals surface area (Å²) in [7, 11) is 0. The zero-order valence-corrected chi connectivity index (χ0v) is 15.1. The van der Waals surface area contributed by atoms with Crippen LogP contribution in [0.5, 0.6) is 0 Å². The summed E-state index contributed by atoms with van der Waals surface area (Å²) in [6.07, 6.45) is 6.75. The molecular formula is C18H15ClN8. The molecule has 0 fully saturated rings. The molecule has 0 amide bonds. The molecule has 9 heteroatoms. The third kappa shape index (κ3) is 3.56. The highest BCUT2D eigenvalue weighted by Gasteiger charge is 2.12. The number of imidazole rings is 1. The van der Waals surface area contributed by atoms with E-state index in [0.717, 1.165) is 16.9 Å². The Morgan fingerprint density at radius 3 is 2.67 bits per heavy atom. The number of halogens is 1. The van der Waals surface area contributed by atoms with E-state index in [1.54, 1.807) is 40.3 Å². The van der Waals surface area contributed by atoms with E-state index < -0.39 is 0 Å². The van der Waals surface area contributed by atoms with Gasteiger partial charge in [-0.1, -0.05) is 29.8 Å². The molecule has 0 saturated heterocycles. The lowest BCUT2D eigenvalue weighted by Gasteiger charge is -2.02. The van der Waals surface area contributed by atoms with Crippen molar-refractivity contribution in [1.29, 1.82) is 0 Å². The Labute approximate surface area is 160 Å². The van der Waals surface area contributed by atoms with Crippen LogP contribution in [0.25, 0.3) is 11.5 Å². The third-order valence-corrected chi connectivity index (χ3v) is 4.20. The van der Waals surface area contributed by atoms with Gasteiger partial charge >= 0.3 is 0 Å². The number of nitrogens with one attached hydrogen (secondary N) is 1. The van der Waals surface area contributed by atoms with E-state index in [2.05, 4.69) is 30.8 Å². The molecule has 8 nitrogen and oxygen atoms in total. The van der Waals surface area contributed by atoms with E-state index in [1.165, 1.54) is 0 Å². The van der Waals surface area contributed by atoms with Crippen LogP contribution in [0, 0.1) is 6.92 Å². The molecule has 0 aliphatic carbocycles. The number of anilines is 1. The van der Waals surface area contributed by atoms with Crippen LogP contribution in [0.4, 0.5) is 5.82 Å². The SMILES string of the molecule is Cc1nn(-c2ccccc2)c(Cl)c1/C=N\Nc1ccc(-n2ccnc2)nn1. The first-order valence-corrected chi connectivity index (χ1v) is 8.52. The van der Waals surface area contributed by atoms with Crippen LogP contribution in [0.1, 0.15) is 11.3 Å². The summed E-state index contributed by atoms with van der Waals surface area (Å²) in [4.78, 5) is 3.98. The van der Waals surface area contributed by atoms with Crippen molar-refractivity contribution >= 4 is 23.6 Å². The third-order valence-electron chi connectivity index (χ3n) is 3.84. The minimum atomic E-state index is 0.491. The standard InChI is InChI=1S/C18H15ClN8/c1-13-15(18(19)27(25-13)14-5-3-2-4-6-14)11-21-22-16-7-8-17(24-23-16)26-10-9-20-12-26/h2-12H,1H3,(H,22,23)/b21-11-. The number of hydrazone groups is 1. The second-order valence-corrected chi connectivity index (χ2v) is 6.01. The first-order valence-electron chi connectivity index (χ1n) is 8.14. The largest absolute Gasteiger partial charge is 0.289 e. The van der Waals surface area contributed by atoms with Crippen molar-refractivity contribution in [1.82, 2.24) is 29.5 Å². The molecule has 3 aromatic heterocycles. The maximum absolute atomic E-state index is 6.47. The van der Waals surface area contributed by atoms with Crippen molar-refractivity contribution in [3.63, 3.8) is 0 Å². The van der Waals surface area contributed by atoms with E-state index >= 15 is 0 Å². The van der Waals surface area contributed by atoms with Crippen LogP contribution in [0.15, 0.2) is 66.3 Å². The average molecular weight is 379 g/mol. The zero-order valence-electron chi connectivity index (χ0n) is 14.4. The molecule has 27 heavy (non-hydrogen) atoms. The predicted molar refractivity (Wildman–Crippen MR) is 104 cm³/mol. The van der Waals surface area contributed by atoms with Crippen LogP contribution in [-0.4, -0.2) is 35.7 Å². The summed E-state index contributed by atoms with van der Waals surface area (Å²) in [6.45, 7) is 1.88. The monoisotopic (exact) mass is 378 g/mol. The number of aryl methyl sites for hydroxylation is 1. The smallest absolute Gasteiger partial charge is 0.168 e. The van der Waals surface area contributed by atoms with Gasteiger partial charge in [-0.2, -0.15) is 10.2 Å². The van der Waals surface area contributed by atoms with E-state index in [9.17, 15) is 0 Å². The van der Waals surface area contributed by atoms with Gasteiger partial charge in [-0.3, -0.25) is 9.99 Å². The predicted octanol–water partition coefficient (Wildman–Crippen LogP) is 3.26. The van der Waals surface area contributed by atoms with Gasteiger partial charge in [0.1, 0.15) is 11.5 Å². The number of para-hydroxylation sites is 1. The number of aromatic nitrogens is 6. The second-order valence-electron chi connectivity index (χ2n) is 5.65. The van der Waals surface area contributed by atoms with Gasteiger partial charge < -0.3 is 0 Å². The van der Waals surface area contributed by atoms with Gasteiger partial charge in [-0.05, 0) is 31.2 Å². The van der Waals surface area contributed by atoms with Crippen molar-refractivity contribution in [3.8, 4) is 11.5 Å². The van der Waals surface area contributed by atoms with Crippen molar-refractivity contribution in [2.24, 2.45) is 5.10 Å². The van der Waals surface area contributed by atoms with Crippen LogP contribution in [-0.2, 0) is 0 Å². The quantitative estimate of drug-likeness (QED) is 0.425. The fourth-order valence-electron chi connectivity index (χ4n) is 2.48. The maximum atomic E-state index is 6.47. The first-order chi connectivity index (χ1) is 13.2. The Morgan fingerprint density at radius 1 is 1.11 bits per heavy atom. The molecule has 0 bridgehead atoms. The molecule has 4 aromatic rings. The molecule has 134 valence electrons. The molecular weight excluding hydrogens is 364 g/mol. The van der Waals surface area contributed by atoms with Crippen molar-refractivity contribution in [2.45, 2.75) is 6.92 Å². The minimum Gasteiger partial charge on any atom is -0.289 e. The van der Waals surface area contributed by atoms with Gasteiger partial charge in [0.25, 0.3) is 0 Å². The Morgan fingerprint density at radius 2 is 1.96 bits per heavy atom. The van der Waals surface area contributed by atoms with Gasteiger partial charge in [-0.15, -0.1) is 10.2 Å². The number of benzene rings is 1. The first kappa shape index (κ1) is 16.9. The lowest BCUT2D eigenvalue weighted by Crippen LogP contribution is -2.00. The lowest BCUT2D eigenvalue weighted by molar-refractivity contribution is 0.863. The summed E-state index contributed by atoms with van der Waals surface area (Å²) in [5.74, 6) is 1.18. The average Bonchev–Trinajstić information content (AvgIpc) is 3.33. The minimum absolute atomic E-state index is 0.491. The maximum Gasteiger partial charge on any atom is 0.168 e. The molecule has 1 N–H and O–H groups in total. The highest BCUT2D eigenvalue weighted by atomic mass is 35.5. The van der Waals surface area contributed by atoms with E-state index in [4.69, 9.17) is 11.6 Å². The fourth-order valence-corrected chi connectivity index (χ4v) is 2.80. The Bertz CT molecular complexity index is 1050. The Kier molecular flexibility index (Phi) is 4.63. The summed E-state index contributed by atoms with van der Waals surface area (Å²) < 4.78 is 3.44. The molecule has 0 atom stereocenters. The Hall–Kier alpha value is -3.52. The zero-order chi connectivity index (χ0) is 18.6. The van der Waals surface area contributed by atoms with Gasteiger partial charge in [-0.25, -0.2) is 9.67 Å². The number of rotatable bonds is 5. The van der Waals surface area contributed by atoms with Gasteiger partial charge in [0.05, 0.1) is 23.2 Å². The summed E-state index contributed by atoms with van der Waals surface area (Å²) >= 11 is 6.47.